The molecule has 0 saturated heterocycles. The summed E-state index contributed by atoms with van der Waals surface area (Å²) in [4.78, 5) is 11.5. The number of nitrogens with one attached hydrogen (secondary N) is 1. The van der Waals surface area contributed by atoms with E-state index < -0.39 is 11.4 Å². The van der Waals surface area contributed by atoms with Gasteiger partial charge in [0.05, 0.1) is 12.6 Å². The van der Waals surface area contributed by atoms with Crippen molar-refractivity contribution in [2.24, 2.45) is 5.73 Å². The molecule has 0 saturated carbocycles. The summed E-state index contributed by atoms with van der Waals surface area (Å²) in [6.07, 6.45) is 0.544. The van der Waals surface area contributed by atoms with Crippen LogP contribution in [0.1, 0.15) is 19.4 Å². The minimum absolute atomic E-state index is 0. The molecule has 1 rings (SSSR count). The number of benzene rings is 1. The van der Waals surface area contributed by atoms with Crippen LogP contribution < -0.4 is 15.8 Å². The van der Waals surface area contributed by atoms with Crippen molar-refractivity contribution < 1.29 is 13.9 Å². The van der Waals surface area contributed by atoms with Crippen LogP contribution in [0.5, 0.6) is 5.75 Å². The monoisotopic (exact) mass is 290 g/mol. The Bertz CT molecular complexity index is 433. The van der Waals surface area contributed by atoms with Crippen LogP contribution >= 0.6 is 12.4 Å². The number of hydrogen-bond acceptors (Lipinski definition) is 3. The molecular formula is C13H20ClFN2O2. The normalized spacial score (nSPS) is 10.6. The van der Waals surface area contributed by atoms with Gasteiger partial charge >= 0.3 is 0 Å². The number of carbonyl (C=O) groups excluding carboxylic acids is 1. The number of hydrogen-bond donors (Lipinski definition) is 2. The number of nitrogens with two attached hydrogens (primary N) is 1. The van der Waals surface area contributed by atoms with Crippen LogP contribution in [0.4, 0.5) is 4.39 Å². The second-order valence-electron chi connectivity index (χ2n) is 4.70. The number of methoxy groups -OCH3 is 1. The molecule has 0 atom stereocenters. The van der Waals surface area contributed by atoms with Gasteiger partial charge in [-0.1, -0.05) is 6.07 Å². The Balaban J connectivity index is 0.00000324. The van der Waals surface area contributed by atoms with E-state index in [0.717, 1.165) is 5.56 Å². The maximum Gasteiger partial charge on any atom is 0.239 e. The molecule has 1 amide bonds. The third kappa shape index (κ3) is 5.44. The van der Waals surface area contributed by atoms with E-state index in [4.69, 9.17) is 10.5 Å². The van der Waals surface area contributed by atoms with Gasteiger partial charge in [0.1, 0.15) is 0 Å². The van der Waals surface area contributed by atoms with Crippen LogP contribution in [0.2, 0.25) is 0 Å². The number of halogens is 2. The van der Waals surface area contributed by atoms with Crippen LogP contribution in [-0.4, -0.2) is 25.1 Å². The zero-order chi connectivity index (χ0) is 13.8. The van der Waals surface area contributed by atoms with E-state index in [9.17, 15) is 9.18 Å². The summed E-state index contributed by atoms with van der Waals surface area (Å²) in [6.45, 7) is 3.69. The minimum atomic E-state index is -0.898. The fourth-order valence-electron chi connectivity index (χ4n) is 1.41. The summed E-state index contributed by atoms with van der Waals surface area (Å²) in [5.41, 5.74) is 5.53. The fraction of sp³-hybridized carbons (Fsp3) is 0.462. The first-order valence-electron chi connectivity index (χ1n) is 5.74. The minimum Gasteiger partial charge on any atom is -0.494 e. The van der Waals surface area contributed by atoms with E-state index >= 15 is 0 Å². The van der Waals surface area contributed by atoms with E-state index in [0.29, 0.717) is 13.0 Å². The lowest BCUT2D eigenvalue weighted by Gasteiger charge is -2.17. The van der Waals surface area contributed by atoms with E-state index in [-0.39, 0.29) is 24.1 Å². The van der Waals surface area contributed by atoms with Crippen molar-refractivity contribution in [1.29, 1.82) is 0 Å². The Labute approximate surface area is 118 Å². The van der Waals surface area contributed by atoms with Gasteiger partial charge in [0.15, 0.2) is 11.6 Å². The van der Waals surface area contributed by atoms with Crippen LogP contribution in [0.15, 0.2) is 18.2 Å². The third-order valence-corrected chi connectivity index (χ3v) is 2.50. The predicted octanol–water partition coefficient (Wildman–Crippen LogP) is 1.65. The van der Waals surface area contributed by atoms with Gasteiger partial charge in [0.2, 0.25) is 5.91 Å². The van der Waals surface area contributed by atoms with Crippen molar-refractivity contribution in [3.05, 3.63) is 29.6 Å². The molecule has 0 fully saturated rings. The van der Waals surface area contributed by atoms with Gasteiger partial charge < -0.3 is 15.8 Å². The quantitative estimate of drug-likeness (QED) is 0.867. The summed E-state index contributed by atoms with van der Waals surface area (Å²) >= 11 is 0. The molecule has 1 aromatic carbocycles. The highest BCUT2D eigenvalue weighted by Gasteiger charge is 2.20. The Kier molecular flexibility index (Phi) is 6.79. The van der Waals surface area contributed by atoms with Gasteiger partial charge in [-0.05, 0) is 38.0 Å². The number of amides is 1. The lowest BCUT2D eigenvalue weighted by atomic mass is 10.1. The highest BCUT2D eigenvalue weighted by molar-refractivity contribution is 5.85. The zero-order valence-electron chi connectivity index (χ0n) is 11.3. The first kappa shape index (κ1) is 17.7. The molecule has 6 heteroatoms. The maximum absolute atomic E-state index is 13.4. The second kappa shape index (κ2) is 7.31. The molecule has 0 bridgehead atoms. The van der Waals surface area contributed by atoms with Crippen LogP contribution in [0, 0.1) is 5.82 Å². The predicted molar refractivity (Wildman–Crippen MR) is 75.2 cm³/mol. The standard InChI is InChI=1S/C13H19FN2O2.ClH/c1-13(2,15)12(17)16-7-6-9-4-5-11(18-3)10(14)8-9;/h4-5,8H,6-7,15H2,1-3H3,(H,16,17);1H. The highest BCUT2D eigenvalue weighted by atomic mass is 35.5. The molecule has 3 N–H and O–H groups in total. The lowest BCUT2D eigenvalue weighted by Crippen LogP contribution is -2.49. The molecule has 0 heterocycles. The van der Waals surface area contributed by atoms with Crippen molar-refractivity contribution in [1.82, 2.24) is 5.32 Å². The topological polar surface area (TPSA) is 64.3 Å². The number of ether oxygens (including phenoxy) is 1. The van der Waals surface area contributed by atoms with Crippen LogP contribution in [0.3, 0.4) is 0 Å². The average molecular weight is 291 g/mol. The van der Waals surface area contributed by atoms with Crippen molar-refractivity contribution in [2.75, 3.05) is 13.7 Å². The van der Waals surface area contributed by atoms with E-state index in [2.05, 4.69) is 5.32 Å². The summed E-state index contributed by atoms with van der Waals surface area (Å²) in [7, 11) is 1.42. The number of carbonyl (C=O) groups is 1. The van der Waals surface area contributed by atoms with E-state index in [1.165, 1.54) is 13.2 Å². The molecule has 1 aromatic rings. The molecule has 19 heavy (non-hydrogen) atoms. The highest BCUT2D eigenvalue weighted by Crippen LogP contribution is 2.17. The second-order valence-corrected chi connectivity index (χ2v) is 4.70. The molecule has 0 aromatic heterocycles. The number of rotatable bonds is 5. The zero-order valence-corrected chi connectivity index (χ0v) is 12.1. The largest absolute Gasteiger partial charge is 0.494 e. The Morgan fingerprint density at radius 3 is 2.58 bits per heavy atom. The van der Waals surface area contributed by atoms with Gasteiger partial charge in [0.25, 0.3) is 0 Å². The van der Waals surface area contributed by atoms with Gasteiger partial charge in [-0.15, -0.1) is 12.4 Å². The van der Waals surface area contributed by atoms with Crippen LogP contribution in [0.25, 0.3) is 0 Å². The van der Waals surface area contributed by atoms with Crippen molar-refractivity contribution >= 4 is 18.3 Å². The first-order chi connectivity index (χ1) is 8.34. The van der Waals surface area contributed by atoms with E-state index in [1.54, 1.807) is 26.0 Å². The van der Waals surface area contributed by atoms with Gasteiger partial charge in [-0.25, -0.2) is 4.39 Å². The molecule has 108 valence electrons. The summed E-state index contributed by atoms with van der Waals surface area (Å²) in [6, 6.07) is 4.74. The Morgan fingerprint density at radius 1 is 1.47 bits per heavy atom. The van der Waals surface area contributed by atoms with Gasteiger partial charge in [0, 0.05) is 6.54 Å². The Hall–Kier alpha value is -1.33. The molecule has 0 radical (unpaired) electrons. The average Bonchev–Trinajstić information content (AvgIpc) is 2.28. The van der Waals surface area contributed by atoms with Crippen LogP contribution in [-0.2, 0) is 11.2 Å². The molecule has 0 unspecified atom stereocenters. The smallest absolute Gasteiger partial charge is 0.239 e. The summed E-state index contributed by atoms with van der Waals surface area (Å²) in [5, 5.41) is 2.70. The van der Waals surface area contributed by atoms with Crippen molar-refractivity contribution in [2.45, 2.75) is 25.8 Å². The molecule has 0 aliphatic rings. The SMILES string of the molecule is COc1ccc(CCNC(=O)C(C)(C)N)cc1F.Cl. The molecule has 0 aliphatic carbocycles. The molecular weight excluding hydrogens is 271 g/mol. The maximum atomic E-state index is 13.4. The Morgan fingerprint density at radius 2 is 2.11 bits per heavy atom. The lowest BCUT2D eigenvalue weighted by molar-refractivity contribution is -0.125. The summed E-state index contributed by atoms with van der Waals surface area (Å²) in [5.74, 6) is -0.414. The molecule has 0 spiro atoms. The first-order valence-corrected chi connectivity index (χ1v) is 5.74. The molecule has 0 aliphatic heterocycles. The third-order valence-electron chi connectivity index (χ3n) is 2.50. The molecule has 4 nitrogen and oxygen atoms in total. The summed E-state index contributed by atoms with van der Waals surface area (Å²) < 4.78 is 18.2. The van der Waals surface area contributed by atoms with Crippen molar-refractivity contribution in [3.8, 4) is 5.75 Å². The van der Waals surface area contributed by atoms with Gasteiger partial charge in [-0.3, -0.25) is 4.79 Å². The van der Waals surface area contributed by atoms with E-state index in [1.807, 2.05) is 0 Å². The van der Waals surface area contributed by atoms with Gasteiger partial charge in [-0.2, -0.15) is 0 Å². The fourth-order valence-corrected chi connectivity index (χ4v) is 1.41. The van der Waals surface area contributed by atoms with Crippen molar-refractivity contribution in [3.63, 3.8) is 0 Å².